The van der Waals surface area contributed by atoms with Crippen LogP contribution in [-0.4, -0.2) is 24.2 Å². The van der Waals surface area contributed by atoms with Crippen molar-refractivity contribution in [3.63, 3.8) is 0 Å². The molecule has 3 aromatic heterocycles. The van der Waals surface area contributed by atoms with Gasteiger partial charge in [-0.2, -0.15) is 0 Å². The Morgan fingerprint density at radius 2 is 1.81 bits per heavy atom. The van der Waals surface area contributed by atoms with Gasteiger partial charge < -0.3 is 15.8 Å². The van der Waals surface area contributed by atoms with Crippen molar-refractivity contribution in [3.05, 3.63) is 86.0 Å². The smallest absolute Gasteiger partial charge is 0.333 e. The van der Waals surface area contributed by atoms with Gasteiger partial charge in [-0.05, 0) is 30.3 Å². The molecule has 0 aliphatic heterocycles. The van der Waals surface area contributed by atoms with E-state index in [4.69, 9.17) is 17.3 Å². The van der Waals surface area contributed by atoms with Gasteiger partial charge in [-0.25, -0.2) is 14.3 Å². The highest BCUT2D eigenvalue weighted by molar-refractivity contribution is 7.13. The number of hydrogen-bond donors (Lipinski definition) is 3. The van der Waals surface area contributed by atoms with Crippen LogP contribution in [0.3, 0.4) is 0 Å². The third-order valence-electron chi connectivity index (χ3n) is 4.84. The minimum Gasteiger partial charge on any atom is -0.508 e. The van der Waals surface area contributed by atoms with E-state index in [2.05, 4.69) is 9.97 Å². The summed E-state index contributed by atoms with van der Waals surface area (Å²) in [5, 5.41) is 12.4. The molecule has 31 heavy (non-hydrogen) atoms. The molecule has 0 radical (unpaired) electrons. The maximum atomic E-state index is 13.3. The molecule has 0 spiro atoms. The van der Waals surface area contributed by atoms with Gasteiger partial charge >= 0.3 is 5.69 Å². The molecule has 154 valence electrons. The van der Waals surface area contributed by atoms with E-state index in [-0.39, 0.29) is 22.1 Å². The maximum Gasteiger partial charge on any atom is 0.333 e. The average molecular weight is 452 g/mol. The van der Waals surface area contributed by atoms with Gasteiger partial charge in [0, 0.05) is 22.7 Å². The van der Waals surface area contributed by atoms with Gasteiger partial charge in [0.05, 0.1) is 16.9 Å². The molecule has 4 N–H and O–H groups in total. The Bertz CT molecular complexity index is 1560. The van der Waals surface area contributed by atoms with Gasteiger partial charge in [-0.1, -0.05) is 29.8 Å². The number of H-pyrrole nitrogens is 1. The fraction of sp³-hybridized carbons (Fsp3) is 0. The van der Waals surface area contributed by atoms with Crippen molar-refractivity contribution in [3.8, 4) is 28.4 Å². The molecule has 0 atom stereocenters. The first-order valence-corrected chi connectivity index (χ1v) is 10.4. The van der Waals surface area contributed by atoms with Crippen LogP contribution in [-0.2, 0) is 0 Å². The Labute approximate surface area is 183 Å². The molecule has 8 nitrogen and oxygen atoms in total. The lowest BCUT2D eigenvalue weighted by Crippen LogP contribution is -2.34. The predicted molar refractivity (Wildman–Crippen MR) is 122 cm³/mol. The number of nitrogen functional groups attached to an aromatic ring is 1. The van der Waals surface area contributed by atoms with Crippen LogP contribution >= 0.6 is 22.9 Å². The number of rotatable bonds is 3. The molecular weight excluding hydrogens is 438 g/mol. The number of thiazole rings is 1. The summed E-state index contributed by atoms with van der Waals surface area (Å²) in [5.74, 6) is -0.0597. The number of phenolic OH excluding ortho intramolecular Hbond substituents is 1. The summed E-state index contributed by atoms with van der Waals surface area (Å²) >= 11 is 7.79. The van der Waals surface area contributed by atoms with Crippen LogP contribution in [0, 0.1) is 0 Å². The predicted octanol–water partition coefficient (Wildman–Crippen LogP) is 3.53. The molecule has 0 bridgehead atoms. The number of nitrogens with zero attached hydrogens (tertiary/aromatic N) is 3. The number of aromatic amines is 1. The maximum absolute atomic E-state index is 13.3. The van der Waals surface area contributed by atoms with Gasteiger partial charge in [0.1, 0.15) is 16.4 Å². The summed E-state index contributed by atoms with van der Waals surface area (Å²) < 4.78 is 2.52. The second-order valence-electron chi connectivity index (χ2n) is 6.77. The van der Waals surface area contributed by atoms with Gasteiger partial charge in [0.15, 0.2) is 5.13 Å². The van der Waals surface area contributed by atoms with Crippen molar-refractivity contribution >= 4 is 39.1 Å². The minimum atomic E-state index is -0.631. The quantitative estimate of drug-likeness (QED) is 0.387. The van der Waals surface area contributed by atoms with E-state index in [1.54, 1.807) is 28.8 Å². The fourth-order valence-electron chi connectivity index (χ4n) is 3.48. The molecule has 3 heterocycles. The molecule has 0 amide bonds. The molecule has 2 aromatic carbocycles. The molecule has 0 aliphatic rings. The summed E-state index contributed by atoms with van der Waals surface area (Å²) in [4.78, 5) is 32.9. The lowest BCUT2D eigenvalue weighted by Gasteiger charge is -2.10. The third-order valence-corrected chi connectivity index (χ3v) is 5.79. The lowest BCUT2D eigenvalue weighted by atomic mass is 10.1. The largest absolute Gasteiger partial charge is 0.508 e. The number of nitrogens with two attached hydrogens (primary N) is 1. The Hall–Kier alpha value is -3.82. The summed E-state index contributed by atoms with van der Waals surface area (Å²) in [7, 11) is 0. The van der Waals surface area contributed by atoms with E-state index in [9.17, 15) is 14.7 Å². The second kappa shape index (κ2) is 7.15. The highest BCUT2D eigenvalue weighted by atomic mass is 35.5. The topological polar surface area (TPSA) is 119 Å². The van der Waals surface area contributed by atoms with E-state index >= 15 is 0 Å². The first kappa shape index (κ1) is 19.2. The van der Waals surface area contributed by atoms with Crippen LogP contribution in [0.25, 0.3) is 33.7 Å². The number of benzene rings is 2. The van der Waals surface area contributed by atoms with Crippen LogP contribution in [0.15, 0.2) is 69.6 Å². The Balaban J connectivity index is 1.71. The van der Waals surface area contributed by atoms with Crippen molar-refractivity contribution in [2.75, 3.05) is 5.73 Å². The van der Waals surface area contributed by atoms with E-state index < -0.39 is 11.2 Å². The first-order valence-electron chi connectivity index (χ1n) is 9.10. The van der Waals surface area contributed by atoms with E-state index in [1.165, 1.54) is 29.5 Å². The molecule has 0 fully saturated rings. The van der Waals surface area contributed by atoms with E-state index in [0.717, 1.165) is 15.8 Å². The average Bonchev–Trinajstić information content (AvgIpc) is 3.31. The van der Waals surface area contributed by atoms with Crippen LogP contribution < -0.4 is 17.0 Å². The summed E-state index contributed by atoms with van der Waals surface area (Å²) in [6, 6.07) is 14.8. The van der Waals surface area contributed by atoms with Crippen molar-refractivity contribution in [1.29, 1.82) is 0 Å². The van der Waals surface area contributed by atoms with Crippen molar-refractivity contribution in [2.24, 2.45) is 0 Å². The summed E-state index contributed by atoms with van der Waals surface area (Å²) in [6.07, 6.45) is 0. The van der Waals surface area contributed by atoms with Gasteiger partial charge in [-0.15, -0.1) is 11.3 Å². The number of nitrogens with one attached hydrogen (secondary N) is 1. The summed E-state index contributed by atoms with van der Waals surface area (Å²) in [5.41, 5.74) is 7.55. The molecule has 0 unspecified atom stereocenters. The fourth-order valence-corrected chi connectivity index (χ4v) is 4.34. The number of hydrogen-bond acceptors (Lipinski definition) is 6. The highest BCUT2D eigenvalue weighted by Gasteiger charge is 2.18. The Kier molecular flexibility index (Phi) is 4.42. The van der Waals surface area contributed by atoms with Crippen molar-refractivity contribution in [2.45, 2.75) is 0 Å². The molecule has 10 heteroatoms. The number of halogens is 1. The molecule has 0 saturated heterocycles. The molecule has 5 aromatic rings. The number of aromatic hydroxyl groups is 1. The van der Waals surface area contributed by atoms with Crippen molar-refractivity contribution < 1.29 is 5.11 Å². The Morgan fingerprint density at radius 3 is 2.48 bits per heavy atom. The molecular formula is C21H14ClN5O3S. The number of phenols is 1. The molecule has 0 aliphatic carbocycles. The zero-order chi connectivity index (χ0) is 21.7. The lowest BCUT2D eigenvalue weighted by molar-refractivity contribution is 0.475. The van der Waals surface area contributed by atoms with Gasteiger partial charge in [0.25, 0.3) is 5.56 Å². The highest BCUT2D eigenvalue weighted by Crippen LogP contribution is 2.28. The van der Waals surface area contributed by atoms with Gasteiger partial charge in [0.2, 0.25) is 0 Å². The normalized spacial score (nSPS) is 11.3. The van der Waals surface area contributed by atoms with E-state index in [1.807, 2.05) is 17.5 Å². The van der Waals surface area contributed by atoms with Gasteiger partial charge in [-0.3, -0.25) is 9.36 Å². The Morgan fingerprint density at radius 1 is 1.03 bits per heavy atom. The van der Waals surface area contributed by atoms with Crippen LogP contribution in [0.5, 0.6) is 5.75 Å². The zero-order valence-corrected chi connectivity index (χ0v) is 17.3. The third kappa shape index (κ3) is 3.20. The second-order valence-corrected chi connectivity index (χ2v) is 8.05. The number of fused-ring (bicyclic) bond motifs is 1. The zero-order valence-electron chi connectivity index (χ0n) is 15.7. The first-order chi connectivity index (χ1) is 14.9. The molecule has 0 saturated carbocycles. The minimum absolute atomic E-state index is 0.0597. The number of aromatic nitrogens is 4. The van der Waals surface area contributed by atoms with E-state index in [0.29, 0.717) is 16.3 Å². The van der Waals surface area contributed by atoms with Crippen LogP contribution in [0.4, 0.5) is 5.13 Å². The number of anilines is 1. The van der Waals surface area contributed by atoms with Crippen LogP contribution in [0.1, 0.15) is 0 Å². The molecule has 5 rings (SSSR count). The van der Waals surface area contributed by atoms with Crippen LogP contribution in [0.2, 0.25) is 5.15 Å². The SMILES string of the molecule is Nc1nc(-c2ccc(-n3c(Cl)cc4[nH]c(=O)n(-c5cccc(O)c5)c(=O)c43)cc2)cs1. The standard InChI is InChI=1S/C21H14ClN5O3S/c22-17-9-15-18(19(29)27(21(30)25-15)13-2-1-3-14(28)8-13)26(17)12-6-4-11(5-7-12)16-10-31-20(23)24-16/h1-10,28H,(H2,23,24)(H,25,30). The van der Waals surface area contributed by atoms with Crippen molar-refractivity contribution in [1.82, 2.24) is 19.1 Å². The monoisotopic (exact) mass is 451 g/mol. The summed E-state index contributed by atoms with van der Waals surface area (Å²) in [6.45, 7) is 0.